The molecule has 0 radical (unpaired) electrons. The maximum absolute atomic E-state index is 13.7. The van der Waals surface area contributed by atoms with Crippen molar-refractivity contribution in [1.29, 1.82) is 0 Å². The molecule has 1 atom stereocenters. The van der Waals surface area contributed by atoms with Crippen molar-refractivity contribution in [1.82, 2.24) is 44.5 Å². The topological polar surface area (TPSA) is 167 Å². The standard InChI is InChI=1S/C22H22ClN11O2/c1-12(27-20-18(19(24)25-11-26-20)21-28-31-32(2)30-21)15-10-13-4-3-5-14(23)17(13)22(36)34(15)16-6-7-33(29-16)8-9-35/h3-7,10-12,35H,8-9H2,1-2H3,(H3,24,25,26,27). The number of nitrogens with zero attached hydrogens (tertiary/aromatic N) is 9. The molecule has 5 aromatic rings. The molecular weight excluding hydrogens is 486 g/mol. The molecular formula is C22H22ClN11O2. The summed E-state index contributed by atoms with van der Waals surface area (Å²) in [7, 11) is 1.64. The molecule has 0 aliphatic rings. The van der Waals surface area contributed by atoms with Crippen LogP contribution >= 0.6 is 11.6 Å². The van der Waals surface area contributed by atoms with E-state index in [1.54, 1.807) is 36.1 Å². The molecule has 0 bridgehead atoms. The van der Waals surface area contributed by atoms with Crippen LogP contribution in [0.25, 0.3) is 28.0 Å². The van der Waals surface area contributed by atoms with Crippen LogP contribution in [0.15, 0.2) is 47.7 Å². The van der Waals surface area contributed by atoms with Gasteiger partial charge < -0.3 is 16.2 Å². The maximum Gasteiger partial charge on any atom is 0.266 e. The predicted molar refractivity (Wildman–Crippen MR) is 134 cm³/mol. The summed E-state index contributed by atoms with van der Waals surface area (Å²) in [5.74, 6) is 1.20. The van der Waals surface area contributed by atoms with Gasteiger partial charge in [0.1, 0.15) is 23.5 Å². The first-order valence-electron chi connectivity index (χ1n) is 11.0. The Morgan fingerprint density at radius 3 is 2.81 bits per heavy atom. The lowest BCUT2D eigenvalue weighted by Crippen LogP contribution is -2.26. The molecule has 184 valence electrons. The smallest absolute Gasteiger partial charge is 0.266 e. The van der Waals surface area contributed by atoms with Gasteiger partial charge in [-0.3, -0.25) is 14.0 Å². The highest BCUT2D eigenvalue weighted by Crippen LogP contribution is 2.31. The largest absolute Gasteiger partial charge is 0.394 e. The van der Waals surface area contributed by atoms with Crippen molar-refractivity contribution < 1.29 is 5.11 Å². The molecule has 0 amide bonds. The number of aromatic nitrogens is 9. The highest BCUT2D eigenvalue weighted by molar-refractivity contribution is 6.35. The normalized spacial score (nSPS) is 12.2. The number of hydrogen-bond acceptors (Lipinski definition) is 10. The number of aliphatic hydroxyl groups is 1. The van der Waals surface area contributed by atoms with E-state index in [4.69, 9.17) is 17.3 Å². The fourth-order valence-corrected chi connectivity index (χ4v) is 4.25. The Labute approximate surface area is 209 Å². The summed E-state index contributed by atoms with van der Waals surface area (Å²) in [6.07, 6.45) is 3.02. The SMILES string of the molecule is CC(Nc1ncnc(N)c1-c1nnn(C)n1)c1cc2cccc(Cl)c2c(=O)n1-c1ccn(CCO)n1. The molecule has 14 heteroatoms. The summed E-state index contributed by atoms with van der Waals surface area (Å²) in [4.78, 5) is 23.4. The average molecular weight is 508 g/mol. The van der Waals surface area contributed by atoms with Crippen LogP contribution in [0.1, 0.15) is 18.7 Å². The number of fused-ring (bicyclic) bond motifs is 1. The van der Waals surface area contributed by atoms with Gasteiger partial charge >= 0.3 is 0 Å². The van der Waals surface area contributed by atoms with Gasteiger partial charge in [-0.2, -0.15) is 9.90 Å². The van der Waals surface area contributed by atoms with Crippen molar-refractivity contribution in [2.75, 3.05) is 17.7 Å². The Kier molecular flexibility index (Phi) is 6.08. The fraction of sp³-hybridized carbons (Fsp3) is 0.227. The molecule has 0 saturated carbocycles. The minimum absolute atomic E-state index is 0.0846. The van der Waals surface area contributed by atoms with E-state index in [-0.39, 0.29) is 23.8 Å². The number of nitrogens with one attached hydrogen (secondary N) is 1. The van der Waals surface area contributed by atoms with Crippen LogP contribution in [-0.4, -0.2) is 56.2 Å². The van der Waals surface area contributed by atoms with Crippen molar-refractivity contribution in [3.63, 3.8) is 0 Å². The number of pyridine rings is 1. The molecule has 4 heterocycles. The monoisotopic (exact) mass is 507 g/mol. The van der Waals surface area contributed by atoms with Gasteiger partial charge in [0.25, 0.3) is 5.56 Å². The zero-order chi connectivity index (χ0) is 25.4. The third kappa shape index (κ3) is 4.14. The number of halogens is 1. The van der Waals surface area contributed by atoms with E-state index in [1.807, 2.05) is 19.1 Å². The van der Waals surface area contributed by atoms with E-state index in [9.17, 15) is 9.90 Å². The first-order chi connectivity index (χ1) is 17.4. The second-order valence-corrected chi connectivity index (χ2v) is 8.43. The summed E-state index contributed by atoms with van der Waals surface area (Å²) in [5, 5.41) is 30.6. The molecule has 0 aliphatic heterocycles. The highest BCUT2D eigenvalue weighted by Gasteiger charge is 2.22. The van der Waals surface area contributed by atoms with E-state index in [1.165, 1.54) is 15.7 Å². The maximum atomic E-state index is 13.7. The van der Waals surface area contributed by atoms with E-state index in [0.29, 0.717) is 45.2 Å². The Morgan fingerprint density at radius 2 is 2.06 bits per heavy atom. The Bertz CT molecular complexity index is 1620. The van der Waals surface area contributed by atoms with Crippen LogP contribution in [0.2, 0.25) is 5.02 Å². The zero-order valence-electron chi connectivity index (χ0n) is 19.4. The molecule has 36 heavy (non-hydrogen) atoms. The number of rotatable bonds is 7. The fourth-order valence-electron chi connectivity index (χ4n) is 3.98. The number of nitrogen functional groups attached to an aromatic ring is 1. The molecule has 4 aromatic heterocycles. The van der Waals surface area contributed by atoms with Crippen molar-refractivity contribution >= 4 is 34.0 Å². The van der Waals surface area contributed by atoms with Gasteiger partial charge in [0.05, 0.1) is 42.3 Å². The van der Waals surface area contributed by atoms with Gasteiger partial charge in [-0.1, -0.05) is 23.7 Å². The van der Waals surface area contributed by atoms with Gasteiger partial charge in [-0.15, -0.1) is 10.2 Å². The molecule has 0 aliphatic carbocycles. The van der Waals surface area contributed by atoms with Crippen LogP contribution in [0.3, 0.4) is 0 Å². The summed E-state index contributed by atoms with van der Waals surface area (Å²) >= 11 is 6.41. The highest BCUT2D eigenvalue weighted by atomic mass is 35.5. The Morgan fingerprint density at radius 1 is 1.22 bits per heavy atom. The number of anilines is 2. The van der Waals surface area contributed by atoms with E-state index in [2.05, 4.69) is 35.8 Å². The van der Waals surface area contributed by atoms with Gasteiger partial charge in [-0.25, -0.2) is 9.97 Å². The van der Waals surface area contributed by atoms with Crippen LogP contribution in [-0.2, 0) is 13.6 Å². The van der Waals surface area contributed by atoms with Gasteiger partial charge in [0, 0.05) is 12.3 Å². The summed E-state index contributed by atoms with van der Waals surface area (Å²) in [6.45, 7) is 2.08. The number of nitrogens with two attached hydrogens (primary N) is 1. The number of benzene rings is 1. The lowest BCUT2D eigenvalue weighted by molar-refractivity contribution is 0.269. The summed E-state index contributed by atoms with van der Waals surface area (Å²) in [6, 6.07) is 8.39. The second-order valence-electron chi connectivity index (χ2n) is 8.03. The van der Waals surface area contributed by atoms with Crippen molar-refractivity contribution in [3.8, 4) is 17.2 Å². The van der Waals surface area contributed by atoms with Crippen LogP contribution in [0.5, 0.6) is 0 Å². The number of hydrogen-bond donors (Lipinski definition) is 3. The molecule has 4 N–H and O–H groups in total. The minimum Gasteiger partial charge on any atom is -0.394 e. The molecule has 0 spiro atoms. The van der Waals surface area contributed by atoms with Gasteiger partial charge in [0.15, 0.2) is 5.82 Å². The second kappa shape index (κ2) is 9.36. The summed E-state index contributed by atoms with van der Waals surface area (Å²) < 4.78 is 3.05. The molecule has 0 fully saturated rings. The van der Waals surface area contributed by atoms with Gasteiger partial charge in [-0.05, 0) is 29.7 Å². The third-order valence-electron chi connectivity index (χ3n) is 5.61. The quantitative estimate of drug-likeness (QED) is 0.294. The zero-order valence-corrected chi connectivity index (χ0v) is 20.1. The van der Waals surface area contributed by atoms with Crippen molar-refractivity contribution in [3.05, 3.63) is 63.9 Å². The third-order valence-corrected chi connectivity index (χ3v) is 5.93. The minimum atomic E-state index is -0.464. The van der Waals surface area contributed by atoms with Crippen molar-refractivity contribution in [2.45, 2.75) is 19.5 Å². The molecule has 1 unspecified atom stereocenters. The molecule has 0 saturated heterocycles. The summed E-state index contributed by atoms with van der Waals surface area (Å²) in [5.41, 5.74) is 6.80. The number of tetrazole rings is 1. The molecule has 13 nitrogen and oxygen atoms in total. The Hall–Kier alpha value is -4.36. The number of aryl methyl sites for hydroxylation is 1. The number of aliphatic hydroxyl groups excluding tert-OH is 1. The van der Waals surface area contributed by atoms with Crippen molar-refractivity contribution in [2.24, 2.45) is 7.05 Å². The van der Waals surface area contributed by atoms with Gasteiger partial charge in [0.2, 0.25) is 5.82 Å². The van der Waals surface area contributed by atoms with Crippen LogP contribution in [0.4, 0.5) is 11.6 Å². The van der Waals surface area contributed by atoms with Crippen LogP contribution in [0, 0.1) is 0 Å². The van der Waals surface area contributed by atoms with E-state index in [0.717, 1.165) is 0 Å². The lowest BCUT2D eigenvalue weighted by atomic mass is 10.1. The van der Waals surface area contributed by atoms with E-state index < -0.39 is 6.04 Å². The molecule has 5 rings (SSSR count). The predicted octanol–water partition coefficient (Wildman–Crippen LogP) is 1.57. The average Bonchev–Trinajstić information content (AvgIpc) is 3.48. The molecule has 1 aromatic carbocycles. The van der Waals surface area contributed by atoms with Crippen LogP contribution < -0.4 is 16.6 Å². The first-order valence-corrected chi connectivity index (χ1v) is 11.4. The Balaban J connectivity index is 1.66. The lowest BCUT2D eigenvalue weighted by Gasteiger charge is -2.21. The van der Waals surface area contributed by atoms with E-state index >= 15 is 0 Å². The first kappa shape index (κ1) is 23.4.